The van der Waals surface area contributed by atoms with E-state index >= 15 is 0 Å². The molecule has 1 aliphatic rings. The lowest BCUT2D eigenvalue weighted by atomic mass is 10.3. The third-order valence-corrected chi connectivity index (χ3v) is 4.05. The van der Waals surface area contributed by atoms with Gasteiger partial charge in [-0.25, -0.2) is 4.79 Å². The average molecular weight is 351 g/mol. The van der Waals surface area contributed by atoms with Gasteiger partial charge in [0, 0.05) is 28.6 Å². The first-order valence-corrected chi connectivity index (χ1v) is 7.46. The number of nitrogens with one attached hydrogen (secondary N) is 1. The Morgan fingerprint density at radius 2 is 2.14 bits per heavy atom. The molecule has 1 aromatic heterocycles. The first-order chi connectivity index (χ1) is 10.0. The van der Waals surface area contributed by atoms with Gasteiger partial charge in [-0.3, -0.25) is 13.9 Å². The molecule has 0 radical (unpaired) electrons. The van der Waals surface area contributed by atoms with E-state index in [1.807, 2.05) is 0 Å². The molecule has 3 rings (SSSR count). The van der Waals surface area contributed by atoms with E-state index in [9.17, 15) is 9.59 Å². The van der Waals surface area contributed by atoms with Crippen molar-refractivity contribution >= 4 is 33.2 Å². The van der Waals surface area contributed by atoms with E-state index in [1.54, 1.807) is 35.2 Å². The maximum absolute atomic E-state index is 12.1. The summed E-state index contributed by atoms with van der Waals surface area (Å²) in [5.74, 6) is -0.254. The number of benzene rings is 1. The molecule has 0 unspecified atom stereocenters. The van der Waals surface area contributed by atoms with Gasteiger partial charge in [0.15, 0.2) is 0 Å². The fraction of sp³-hybridized carbons (Fsp3) is 0.286. The molecule has 0 saturated heterocycles. The number of anilines is 2. The first kappa shape index (κ1) is 13.9. The number of carbonyl (C=O) groups excluding carboxylic acids is 1. The number of nitrogens with two attached hydrogens (primary N) is 1. The Bertz CT molecular complexity index is 746. The molecule has 6 nitrogen and oxygen atoms in total. The highest BCUT2D eigenvalue weighted by Crippen LogP contribution is 2.33. The Kier molecular flexibility index (Phi) is 3.59. The maximum atomic E-state index is 12.1. The van der Waals surface area contributed by atoms with Gasteiger partial charge in [-0.05, 0) is 47.0 Å². The van der Waals surface area contributed by atoms with Crippen LogP contribution in [0.4, 0.5) is 11.4 Å². The Hall–Kier alpha value is -2.02. The number of aromatic nitrogens is 2. The van der Waals surface area contributed by atoms with Crippen LogP contribution in [0.1, 0.15) is 18.9 Å². The predicted octanol–water partition coefficient (Wildman–Crippen LogP) is 1.97. The monoisotopic (exact) mass is 350 g/mol. The number of nitrogen functional groups attached to an aromatic ring is 1. The van der Waals surface area contributed by atoms with Crippen LogP contribution in [-0.2, 0) is 11.3 Å². The summed E-state index contributed by atoms with van der Waals surface area (Å²) < 4.78 is 3.81. The maximum Gasteiger partial charge on any atom is 0.328 e. The highest BCUT2D eigenvalue weighted by Gasteiger charge is 2.25. The number of rotatable bonds is 4. The fourth-order valence-electron chi connectivity index (χ4n) is 2.16. The second-order valence-corrected chi connectivity index (χ2v) is 5.99. The summed E-state index contributed by atoms with van der Waals surface area (Å²) in [6.07, 6.45) is 5.47. The summed E-state index contributed by atoms with van der Waals surface area (Å²) in [7, 11) is 0. The molecule has 1 amide bonds. The van der Waals surface area contributed by atoms with Crippen molar-refractivity contribution < 1.29 is 4.79 Å². The standard InChI is InChI=1S/C14H15BrN4O2/c15-11-7-9(16)1-4-12(11)17-13(20)8-18-5-6-19(14(18)21)10-2-3-10/h1,4-7,10H,2-3,8,16H2,(H,17,20). The zero-order valence-corrected chi connectivity index (χ0v) is 12.8. The van der Waals surface area contributed by atoms with Gasteiger partial charge < -0.3 is 11.1 Å². The Balaban J connectivity index is 1.70. The van der Waals surface area contributed by atoms with Crippen molar-refractivity contribution in [2.45, 2.75) is 25.4 Å². The third kappa shape index (κ3) is 3.02. The first-order valence-electron chi connectivity index (χ1n) is 6.67. The molecule has 1 heterocycles. The molecule has 0 aliphatic heterocycles. The van der Waals surface area contributed by atoms with Gasteiger partial charge in [-0.2, -0.15) is 0 Å². The topological polar surface area (TPSA) is 82.0 Å². The average Bonchev–Trinajstić information content (AvgIpc) is 3.20. The van der Waals surface area contributed by atoms with Crippen molar-refractivity contribution in [3.63, 3.8) is 0 Å². The lowest BCUT2D eigenvalue weighted by Gasteiger charge is -2.08. The van der Waals surface area contributed by atoms with E-state index in [2.05, 4.69) is 21.2 Å². The number of halogens is 1. The van der Waals surface area contributed by atoms with Crippen molar-refractivity contribution in [2.24, 2.45) is 0 Å². The van der Waals surface area contributed by atoms with Crippen LogP contribution in [0, 0.1) is 0 Å². The lowest BCUT2D eigenvalue weighted by Crippen LogP contribution is -2.28. The van der Waals surface area contributed by atoms with Crippen LogP contribution in [-0.4, -0.2) is 15.0 Å². The van der Waals surface area contributed by atoms with Gasteiger partial charge in [0.2, 0.25) is 5.91 Å². The summed E-state index contributed by atoms with van der Waals surface area (Å²) in [5.41, 5.74) is 6.75. The van der Waals surface area contributed by atoms with Crippen LogP contribution in [0.2, 0.25) is 0 Å². The Labute approximate surface area is 129 Å². The van der Waals surface area contributed by atoms with Gasteiger partial charge >= 0.3 is 5.69 Å². The molecule has 1 fully saturated rings. The second-order valence-electron chi connectivity index (χ2n) is 5.13. The zero-order valence-electron chi connectivity index (χ0n) is 11.3. The van der Waals surface area contributed by atoms with E-state index in [-0.39, 0.29) is 18.1 Å². The summed E-state index contributed by atoms with van der Waals surface area (Å²) in [5, 5.41) is 2.76. The lowest BCUT2D eigenvalue weighted by molar-refractivity contribution is -0.116. The van der Waals surface area contributed by atoms with Crippen molar-refractivity contribution in [3.05, 3.63) is 45.5 Å². The Morgan fingerprint density at radius 1 is 1.38 bits per heavy atom. The second kappa shape index (κ2) is 5.40. The van der Waals surface area contributed by atoms with E-state index in [0.717, 1.165) is 12.8 Å². The smallest absolute Gasteiger partial charge is 0.328 e. The van der Waals surface area contributed by atoms with Crippen molar-refractivity contribution in [1.82, 2.24) is 9.13 Å². The van der Waals surface area contributed by atoms with Crippen molar-refractivity contribution in [2.75, 3.05) is 11.1 Å². The van der Waals surface area contributed by atoms with E-state index in [1.165, 1.54) is 4.57 Å². The SMILES string of the molecule is Nc1ccc(NC(=O)Cn2ccn(C3CC3)c2=O)c(Br)c1. The van der Waals surface area contributed by atoms with E-state index in [0.29, 0.717) is 21.9 Å². The van der Waals surface area contributed by atoms with Crippen molar-refractivity contribution in [1.29, 1.82) is 0 Å². The van der Waals surface area contributed by atoms with Crippen LogP contribution < -0.4 is 16.7 Å². The van der Waals surface area contributed by atoms with Gasteiger partial charge in [0.05, 0.1) is 5.69 Å². The number of nitrogens with zero attached hydrogens (tertiary/aromatic N) is 2. The fourth-order valence-corrected chi connectivity index (χ4v) is 2.65. The van der Waals surface area contributed by atoms with E-state index in [4.69, 9.17) is 5.73 Å². The minimum Gasteiger partial charge on any atom is -0.399 e. The van der Waals surface area contributed by atoms with Gasteiger partial charge in [-0.1, -0.05) is 0 Å². The van der Waals surface area contributed by atoms with E-state index < -0.39 is 0 Å². The number of carbonyl (C=O) groups is 1. The van der Waals surface area contributed by atoms with Crippen LogP contribution in [0.25, 0.3) is 0 Å². The van der Waals surface area contributed by atoms with Crippen LogP contribution in [0.5, 0.6) is 0 Å². The van der Waals surface area contributed by atoms with Gasteiger partial charge in [0.25, 0.3) is 0 Å². The van der Waals surface area contributed by atoms with Gasteiger partial charge in [-0.15, -0.1) is 0 Å². The third-order valence-electron chi connectivity index (χ3n) is 3.40. The molecule has 7 heteroatoms. The number of hydrogen-bond donors (Lipinski definition) is 2. The molecular formula is C14H15BrN4O2. The largest absolute Gasteiger partial charge is 0.399 e. The minimum absolute atomic E-state index is 0.00459. The summed E-state index contributed by atoms with van der Waals surface area (Å²) >= 11 is 3.34. The minimum atomic E-state index is -0.254. The molecule has 110 valence electrons. The molecule has 3 N–H and O–H groups in total. The zero-order chi connectivity index (χ0) is 15.0. The van der Waals surface area contributed by atoms with Crippen molar-refractivity contribution in [3.8, 4) is 0 Å². The number of imidazole rings is 1. The summed E-state index contributed by atoms with van der Waals surface area (Å²) in [4.78, 5) is 24.1. The molecule has 1 aromatic carbocycles. The Morgan fingerprint density at radius 3 is 2.81 bits per heavy atom. The summed E-state index contributed by atoms with van der Waals surface area (Å²) in [6.45, 7) is -0.00459. The molecule has 1 saturated carbocycles. The highest BCUT2D eigenvalue weighted by atomic mass is 79.9. The van der Waals surface area contributed by atoms with Crippen LogP contribution in [0.3, 0.4) is 0 Å². The molecular weight excluding hydrogens is 336 g/mol. The molecule has 0 spiro atoms. The number of amides is 1. The predicted molar refractivity (Wildman–Crippen MR) is 84.1 cm³/mol. The highest BCUT2D eigenvalue weighted by molar-refractivity contribution is 9.10. The molecule has 21 heavy (non-hydrogen) atoms. The summed E-state index contributed by atoms with van der Waals surface area (Å²) in [6, 6.07) is 5.45. The molecule has 0 atom stereocenters. The quantitative estimate of drug-likeness (QED) is 0.827. The van der Waals surface area contributed by atoms with Gasteiger partial charge in [0.1, 0.15) is 6.54 Å². The van der Waals surface area contributed by atoms with Crippen LogP contribution in [0.15, 0.2) is 39.9 Å². The number of hydrogen-bond acceptors (Lipinski definition) is 3. The molecule has 2 aromatic rings. The normalized spacial score (nSPS) is 14.1. The molecule has 1 aliphatic carbocycles. The van der Waals surface area contributed by atoms with Crippen LogP contribution >= 0.6 is 15.9 Å². The molecule has 0 bridgehead atoms.